The van der Waals surface area contributed by atoms with E-state index in [9.17, 15) is 14.4 Å². The minimum atomic E-state index is -0.470. The molecule has 2 heterocycles. The number of thiophene rings is 1. The number of ether oxygens (including phenoxy) is 1. The summed E-state index contributed by atoms with van der Waals surface area (Å²) in [7, 11) is 1.30. The van der Waals surface area contributed by atoms with Gasteiger partial charge in [-0.25, -0.2) is 4.79 Å². The summed E-state index contributed by atoms with van der Waals surface area (Å²) in [5.74, 6) is -1.14. The standard InChI is InChI=1S/C15H11NO4S/c1-20-15(19)11-6-7-21-12(11)8-16-13(17)9-4-2-3-5-10(9)14(16)18/h2-7H,8H2,1H3. The number of hydrogen-bond donors (Lipinski definition) is 0. The van der Waals surface area contributed by atoms with Gasteiger partial charge in [-0.05, 0) is 23.6 Å². The number of amides is 2. The lowest BCUT2D eigenvalue weighted by Gasteiger charge is -2.13. The number of rotatable bonds is 3. The summed E-state index contributed by atoms with van der Waals surface area (Å²) in [6.07, 6.45) is 0. The molecule has 106 valence electrons. The van der Waals surface area contributed by atoms with Crippen molar-refractivity contribution in [3.05, 3.63) is 57.3 Å². The van der Waals surface area contributed by atoms with E-state index in [1.807, 2.05) is 0 Å². The molecule has 0 bridgehead atoms. The number of esters is 1. The van der Waals surface area contributed by atoms with Gasteiger partial charge in [-0.1, -0.05) is 12.1 Å². The summed E-state index contributed by atoms with van der Waals surface area (Å²) >= 11 is 1.32. The predicted molar refractivity (Wildman–Crippen MR) is 76.3 cm³/mol. The molecule has 1 aliphatic heterocycles. The molecular weight excluding hydrogens is 290 g/mol. The predicted octanol–water partition coefficient (Wildman–Crippen LogP) is 2.33. The molecule has 1 aromatic carbocycles. The molecule has 2 amide bonds. The van der Waals surface area contributed by atoms with Crippen molar-refractivity contribution in [2.24, 2.45) is 0 Å². The molecule has 21 heavy (non-hydrogen) atoms. The number of nitrogens with zero attached hydrogens (tertiary/aromatic N) is 1. The van der Waals surface area contributed by atoms with Crippen molar-refractivity contribution >= 4 is 29.1 Å². The molecule has 1 aromatic heterocycles. The van der Waals surface area contributed by atoms with Crippen LogP contribution in [0.3, 0.4) is 0 Å². The van der Waals surface area contributed by atoms with Crippen LogP contribution in [0.15, 0.2) is 35.7 Å². The SMILES string of the molecule is COC(=O)c1ccsc1CN1C(=O)c2ccccc2C1=O. The molecule has 0 aliphatic carbocycles. The van der Waals surface area contributed by atoms with Crippen molar-refractivity contribution in [3.63, 3.8) is 0 Å². The third-order valence-corrected chi connectivity index (χ3v) is 4.24. The first-order valence-electron chi connectivity index (χ1n) is 6.23. The van der Waals surface area contributed by atoms with Crippen molar-refractivity contribution in [3.8, 4) is 0 Å². The zero-order valence-electron chi connectivity index (χ0n) is 11.2. The molecule has 3 rings (SSSR count). The van der Waals surface area contributed by atoms with E-state index in [1.54, 1.807) is 35.7 Å². The van der Waals surface area contributed by atoms with Gasteiger partial charge in [0.2, 0.25) is 0 Å². The van der Waals surface area contributed by atoms with Crippen LogP contribution < -0.4 is 0 Å². The first-order chi connectivity index (χ1) is 10.1. The monoisotopic (exact) mass is 301 g/mol. The molecule has 0 atom stereocenters. The van der Waals surface area contributed by atoms with E-state index in [4.69, 9.17) is 4.74 Å². The van der Waals surface area contributed by atoms with Crippen LogP contribution in [-0.2, 0) is 11.3 Å². The van der Waals surface area contributed by atoms with Gasteiger partial charge in [0, 0.05) is 4.88 Å². The number of hydrogen-bond acceptors (Lipinski definition) is 5. The number of carbonyl (C=O) groups is 3. The summed E-state index contributed by atoms with van der Waals surface area (Å²) in [5, 5.41) is 1.74. The van der Waals surface area contributed by atoms with Crippen LogP contribution in [0.4, 0.5) is 0 Å². The number of fused-ring (bicyclic) bond motifs is 1. The fourth-order valence-electron chi connectivity index (χ4n) is 2.28. The highest BCUT2D eigenvalue weighted by Crippen LogP contribution is 2.27. The fraction of sp³-hybridized carbons (Fsp3) is 0.133. The second kappa shape index (κ2) is 5.14. The molecule has 0 N–H and O–H groups in total. The third-order valence-electron chi connectivity index (χ3n) is 3.33. The zero-order chi connectivity index (χ0) is 15.0. The minimum Gasteiger partial charge on any atom is -0.465 e. The Labute approximate surface area is 124 Å². The molecule has 2 aromatic rings. The summed E-state index contributed by atoms with van der Waals surface area (Å²) < 4.78 is 4.69. The molecule has 0 fully saturated rings. The van der Waals surface area contributed by atoms with Crippen LogP contribution in [0, 0.1) is 0 Å². The van der Waals surface area contributed by atoms with Gasteiger partial charge in [0.1, 0.15) is 0 Å². The third kappa shape index (κ3) is 2.13. The van der Waals surface area contributed by atoms with E-state index in [0.29, 0.717) is 21.6 Å². The summed E-state index contributed by atoms with van der Waals surface area (Å²) in [6, 6.07) is 8.33. The quantitative estimate of drug-likeness (QED) is 0.645. The molecule has 0 saturated carbocycles. The Hall–Kier alpha value is -2.47. The number of benzene rings is 1. The lowest BCUT2D eigenvalue weighted by Crippen LogP contribution is -2.29. The summed E-state index contributed by atoms with van der Waals surface area (Å²) in [6.45, 7) is 0.0778. The Bertz CT molecular complexity index is 715. The minimum absolute atomic E-state index is 0.0778. The van der Waals surface area contributed by atoms with E-state index in [0.717, 1.165) is 4.90 Å². The molecule has 5 nitrogen and oxygen atoms in total. The van der Waals surface area contributed by atoms with Gasteiger partial charge < -0.3 is 4.74 Å². The molecule has 1 aliphatic rings. The van der Waals surface area contributed by atoms with Crippen LogP contribution in [0.5, 0.6) is 0 Å². The van der Waals surface area contributed by atoms with E-state index >= 15 is 0 Å². The average Bonchev–Trinajstić information content (AvgIpc) is 3.06. The molecule has 0 saturated heterocycles. The Kier molecular flexibility index (Phi) is 3.31. The Morgan fingerprint density at radius 1 is 1.14 bits per heavy atom. The normalized spacial score (nSPS) is 13.5. The molecule has 0 spiro atoms. The topological polar surface area (TPSA) is 63.7 Å². The summed E-state index contributed by atoms with van der Waals surface area (Å²) in [5.41, 5.74) is 1.19. The van der Waals surface area contributed by atoms with Crippen LogP contribution in [0.2, 0.25) is 0 Å². The highest BCUT2D eigenvalue weighted by atomic mass is 32.1. The zero-order valence-corrected chi connectivity index (χ0v) is 12.0. The van der Waals surface area contributed by atoms with E-state index in [-0.39, 0.29) is 18.4 Å². The van der Waals surface area contributed by atoms with Gasteiger partial charge in [-0.15, -0.1) is 11.3 Å². The van der Waals surface area contributed by atoms with E-state index in [2.05, 4.69) is 0 Å². The van der Waals surface area contributed by atoms with Crippen LogP contribution in [-0.4, -0.2) is 29.8 Å². The Morgan fingerprint density at radius 3 is 2.33 bits per heavy atom. The van der Waals surface area contributed by atoms with Crippen molar-refractivity contribution in [2.45, 2.75) is 6.54 Å². The van der Waals surface area contributed by atoms with Gasteiger partial charge in [-0.3, -0.25) is 14.5 Å². The largest absolute Gasteiger partial charge is 0.465 e. The van der Waals surface area contributed by atoms with Gasteiger partial charge in [0.15, 0.2) is 0 Å². The van der Waals surface area contributed by atoms with Crippen LogP contribution in [0.1, 0.15) is 36.0 Å². The van der Waals surface area contributed by atoms with Gasteiger partial charge in [0.25, 0.3) is 11.8 Å². The smallest absolute Gasteiger partial charge is 0.339 e. The Balaban J connectivity index is 1.91. The number of imide groups is 1. The number of carbonyl (C=O) groups excluding carboxylic acids is 3. The second-order valence-corrected chi connectivity index (χ2v) is 5.49. The fourth-order valence-corrected chi connectivity index (χ4v) is 3.13. The first kappa shape index (κ1) is 13.5. The van der Waals surface area contributed by atoms with E-state index in [1.165, 1.54) is 18.4 Å². The van der Waals surface area contributed by atoms with E-state index < -0.39 is 5.97 Å². The first-order valence-corrected chi connectivity index (χ1v) is 7.11. The summed E-state index contributed by atoms with van der Waals surface area (Å²) in [4.78, 5) is 38.0. The molecule has 0 unspecified atom stereocenters. The highest BCUT2D eigenvalue weighted by molar-refractivity contribution is 7.10. The molecule has 0 radical (unpaired) electrons. The molecular formula is C15H11NO4S. The lowest BCUT2D eigenvalue weighted by molar-refractivity contribution is 0.0585. The van der Waals surface area contributed by atoms with Crippen LogP contribution in [0.25, 0.3) is 0 Å². The van der Waals surface area contributed by atoms with Crippen molar-refractivity contribution in [1.29, 1.82) is 0 Å². The van der Waals surface area contributed by atoms with Crippen molar-refractivity contribution in [2.75, 3.05) is 7.11 Å². The highest BCUT2D eigenvalue weighted by Gasteiger charge is 2.35. The van der Waals surface area contributed by atoms with Crippen LogP contribution >= 0.6 is 11.3 Å². The second-order valence-electron chi connectivity index (χ2n) is 4.49. The average molecular weight is 301 g/mol. The van der Waals surface area contributed by atoms with Crippen molar-refractivity contribution < 1.29 is 19.1 Å². The maximum Gasteiger partial charge on any atom is 0.339 e. The Morgan fingerprint density at radius 2 is 1.76 bits per heavy atom. The van der Waals surface area contributed by atoms with Gasteiger partial charge in [-0.2, -0.15) is 0 Å². The van der Waals surface area contributed by atoms with Gasteiger partial charge >= 0.3 is 5.97 Å². The maximum atomic E-state index is 12.3. The molecule has 6 heteroatoms. The maximum absolute atomic E-state index is 12.3. The number of methoxy groups -OCH3 is 1. The van der Waals surface area contributed by atoms with Crippen molar-refractivity contribution in [1.82, 2.24) is 4.90 Å². The lowest BCUT2D eigenvalue weighted by atomic mass is 10.1. The van der Waals surface area contributed by atoms with Gasteiger partial charge in [0.05, 0.1) is 30.3 Å².